The van der Waals surface area contributed by atoms with Crippen molar-refractivity contribution in [3.8, 4) is 0 Å². The molecule has 2 nitrogen and oxygen atoms in total. The van der Waals surface area contributed by atoms with Crippen LogP contribution in [0.25, 0.3) is 0 Å². The van der Waals surface area contributed by atoms with Crippen LogP contribution in [0, 0.1) is 0 Å². The summed E-state index contributed by atoms with van der Waals surface area (Å²) < 4.78 is 0. The van der Waals surface area contributed by atoms with Gasteiger partial charge in [0.1, 0.15) is 0 Å². The van der Waals surface area contributed by atoms with Gasteiger partial charge in [-0.05, 0) is 24.0 Å². The Bertz CT molecular complexity index is 394. The molecule has 1 aliphatic carbocycles. The van der Waals surface area contributed by atoms with E-state index in [4.69, 9.17) is 5.73 Å². The number of nitrogens with two attached hydrogens (primary N) is 1. The molecule has 2 heteroatoms. The van der Waals surface area contributed by atoms with Crippen molar-refractivity contribution in [1.82, 2.24) is 4.90 Å². The highest BCUT2D eigenvalue weighted by Crippen LogP contribution is 2.37. The third kappa shape index (κ3) is 2.19. The molecule has 1 aromatic rings. The minimum Gasteiger partial charge on any atom is -0.329 e. The summed E-state index contributed by atoms with van der Waals surface area (Å²) in [5, 5.41) is 0. The van der Waals surface area contributed by atoms with Gasteiger partial charge in [0, 0.05) is 25.2 Å². The molecule has 1 heterocycles. The monoisotopic (exact) mass is 244 g/mol. The van der Waals surface area contributed by atoms with Gasteiger partial charge in [-0.3, -0.25) is 4.90 Å². The van der Waals surface area contributed by atoms with Gasteiger partial charge in [-0.2, -0.15) is 0 Å². The zero-order valence-electron chi connectivity index (χ0n) is 11.1. The average molecular weight is 244 g/mol. The first-order valence-electron chi connectivity index (χ1n) is 7.44. The minimum absolute atomic E-state index is 0.462. The van der Waals surface area contributed by atoms with Crippen LogP contribution in [0.4, 0.5) is 0 Å². The molecule has 1 aromatic carbocycles. The summed E-state index contributed by atoms with van der Waals surface area (Å²) in [7, 11) is 0. The highest BCUT2D eigenvalue weighted by molar-refractivity contribution is 5.34. The minimum atomic E-state index is 0.462. The maximum absolute atomic E-state index is 6.04. The molecule has 2 N–H and O–H groups in total. The SMILES string of the molecule is NCC1c2ccccc2CN1C1CCCCCC1. The van der Waals surface area contributed by atoms with Gasteiger partial charge in [-0.1, -0.05) is 49.9 Å². The van der Waals surface area contributed by atoms with Crippen molar-refractivity contribution < 1.29 is 0 Å². The van der Waals surface area contributed by atoms with Crippen molar-refractivity contribution in [3.05, 3.63) is 35.4 Å². The van der Waals surface area contributed by atoms with Gasteiger partial charge >= 0.3 is 0 Å². The van der Waals surface area contributed by atoms with Crippen molar-refractivity contribution in [2.75, 3.05) is 6.54 Å². The number of benzene rings is 1. The summed E-state index contributed by atoms with van der Waals surface area (Å²) in [4.78, 5) is 2.68. The smallest absolute Gasteiger partial charge is 0.0480 e. The molecule has 1 atom stereocenters. The van der Waals surface area contributed by atoms with Crippen molar-refractivity contribution in [2.24, 2.45) is 5.73 Å². The maximum atomic E-state index is 6.04. The van der Waals surface area contributed by atoms with E-state index >= 15 is 0 Å². The molecule has 1 saturated carbocycles. The lowest BCUT2D eigenvalue weighted by atomic mass is 10.0. The second-order valence-electron chi connectivity index (χ2n) is 5.77. The fourth-order valence-corrected chi connectivity index (χ4v) is 3.72. The van der Waals surface area contributed by atoms with E-state index in [0.29, 0.717) is 6.04 Å². The van der Waals surface area contributed by atoms with Crippen LogP contribution in [0.1, 0.15) is 55.7 Å². The van der Waals surface area contributed by atoms with E-state index in [-0.39, 0.29) is 0 Å². The lowest BCUT2D eigenvalue weighted by Gasteiger charge is -2.32. The first-order chi connectivity index (χ1) is 8.90. The normalized spacial score (nSPS) is 25.9. The van der Waals surface area contributed by atoms with Gasteiger partial charge in [0.25, 0.3) is 0 Å². The Labute approximate surface area is 110 Å². The highest BCUT2D eigenvalue weighted by Gasteiger charge is 2.33. The number of rotatable bonds is 2. The standard InChI is InChI=1S/C16H24N2/c17-11-16-15-10-6-5-7-13(15)12-18(16)14-8-3-1-2-4-9-14/h5-7,10,14,16H,1-4,8-9,11-12,17H2. The molecule has 18 heavy (non-hydrogen) atoms. The van der Waals surface area contributed by atoms with Gasteiger partial charge in [0.15, 0.2) is 0 Å². The third-order valence-corrected chi connectivity index (χ3v) is 4.68. The molecule has 0 bridgehead atoms. The molecular formula is C16H24N2. The molecule has 1 fully saturated rings. The van der Waals surface area contributed by atoms with Crippen LogP contribution in [0.15, 0.2) is 24.3 Å². The van der Waals surface area contributed by atoms with Crippen LogP contribution < -0.4 is 5.73 Å². The second-order valence-corrected chi connectivity index (χ2v) is 5.77. The summed E-state index contributed by atoms with van der Waals surface area (Å²) in [6.07, 6.45) is 8.37. The summed E-state index contributed by atoms with van der Waals surface area (Å²) in [6, 6.07) is 10.1. The Balaban J connectivity index is 1.81. The van der Waals surface area contributed by atoms with Crippen LogP contribution in [0.5, 0.6) is 0 Å². The van der Waals surface area contributed by atoms with Gasteiger partial charge in [0.2, 0.25) is 0 Å². The van der Waals surface area contributed by atoms with E-state index in [2.05, 4.69) is 29.2 Å². The van der Waals surface area contributed by atoms with Crippen LogP contribution in [-0.4, -0.2) is 17.5 Å². The Morgan fingerprint density at radius 2 is 1.78 bits per heavy atom. The van der Waals surface area contributed by atoms with Crippen LogP contribution in [0.2, 0.25) is 0 Å². The van der Waals surface area contributed by atoms with Gasteiger partial charge < -0.3 is 5.73 Å². The molecular weight excluding hydrogens is 220 g/mol. The Hall–Kier alpha value is -0.860. The summed E-state index contributed by atoms with van der Waals surface area (Å²) >= 11 is 0. The summed E-state index contributed by atoms with van der Waals surface area (Å²) in [5.41, 5.74) is 9.02. The van der Waals surface area contributed by atoms with E-state index in [9.17, 15) is 0 Å². The van der Waals surface area contributed by atoms with E-state index in [1.165, 1.54) is 49.7 Å². The first-order valence-corrected chi connectivity index (χ1v) is 7.44. The molecule has 1 unspecified atom stereocenters. The summed E-state index contributed by atoms with van der Waals surface area (Å²) in [6.45, 7) is 1.87. The fraction of sp³-hybridized carbons (Fsp3) is 0.625. The van der Waals surface area contributed by atoms with E-state index < -0.39 is 0 Å². The van der Waals surface area contributed by atoms with Crippen molar-refractivity contribution in [2.45, 2.75) is 57.2 Å². The molecule has 0 aromatic heterocycles. The molecule has 0 spiro atoms. The largest absolute Gasteiger partial charge is 0.329 e. The second kappa shape index (κ2) is 5.41. The zero-order chi connectivity index (χ0) is 12.4. The molecule has 0 radical (unpaired) electrons. The molecule has 0 amide bonds. The summed E-state index contributed by atoms with van der Waals surface area (Å²) in [5.74, 6) is 0. The predicted octanol–water partition coefficient (Wildman–Crippen LogP) is 3.22. The highest BCUT2D eigenvalue weighted by atomic mass is 15.2. The number of nitrogens with zero attached hydrogens (tertiary/aromatic N) is 1. The molecule has 2 aliphatic rings. The van der Waals surface area contributed by atoms with Crippen LogP contribution in [0.3, 0.4) is 0 Å². The van der Waals surface area contributed by atoms with Crippen LogP contribution in [-0.2, 0) is 6.54 Å². The van der Waals surface area contributed by atoms with Gasteiger partial charge in [-0.25, -0.2) is 0 Å². The van der Waals surface area contributed by atoms with E-state index in [0.717, 1.165) is 19.1 Å². The number of hydrogen-bond donors (Lipinski definition) is 1. The van der Waals surface area contributed by atoms with Crippen molar-refractivity contribution in [1.29, 1.82) is 0 Å². The van der Waals surface area contributed by atoms with Crippen LogP contribution >= 0.6 is 0 Å². The van der Waals surface area contributed by atoms with E-state index in [1.54, 1.807) is 0 Å². The quantitative estimate of drug-likeness (QED) is 0.809. The molecule has 3 rings (SSSR count). The van der Waals surface area contributed by atoms with Crippen molar-refractivity contribution in [3.63, 3.8) is 0 Å². The Kier molecular flexibility index (Phi) is 3.67. The Morgan fingerprint density at radius 1 is 1.06 bits per heavy atom. The number of fused-ring (bicyclic) bond motifs is 1. The van der Waals surface area contributed by atoms with Gasteiger partial charge in [-0.15, -0.1) is 0 Å². The predicted molar refractivity (Wildman–Crippen MR) is 75.3 cm³/mol. The lowest BCUT2D eigenvalue weighted by Crippen LogP contribution is -2.36. The van der Waals surface area contributed by atoms with E-state index in [1.807, 2.05) is 0 Å². The van der Waals surface area contributed by atoms with Gasteiger partial charge in [0.05, 0.1) is 0 Å². The maximum Gasteiger partial charge on any atom is 0.0480 e. The fourth-order valence-electron chi connectivity index (χ4n) is 3.72. The van der Waals surface area contributed by atoms with Crippen molar-refractivity contribution >= 4 is 0 Å². The molecule has 98 valence electrons. The topological polar surface area (TPSA) is 29.3 Å². The molecule has 0 saturated heterocycles. The average Bonchev–Trinajstić information content (AvgIpc) is 2.59. The molecule has 1 aliphatic heterocycles. The first kappa shape index (κ1) is 12.2. The zero-order valence-corrected chi connectivity index (χ0v) is 11.1. The number of hydrogen-bond acceptors (Lipinski definition) is 2. The lowest BCUT2D eigenvalue weighted by molar-refractivity contribution is 0.135. The third-order valence-electron chi connectivity index (χ3n) is 4.68. The Morgan fingerprint density at radius 3 is 2.50 bits per heavy atom.